The molecule has 0 saturated carbocycles. The van der Waals surface area contributed by atoms with Gasteiger partial charge in [-0.25, -0.2) is 8.42 Å². The van der Waals surface area contributed by atoms with Crippen LogP contribution in [-0.4, -0.2) is 38.3 Å². The SMILES string of the molecule is O=C(Nc1ccccc1OC(F)F)C1CCCN(S(=O)(=O)c2ccc(Br)s2)C1. The number of thiophene rings is 1. The summed E-state index contributed by atoms with van der Waals surface area (Å²) in [6.45, 7) is -2.66. The lowest BCUT2D eigenvalue weighted by Gasteiger charge is -2.30. The molecule has 1 saturated heterocycles. The van der Waals surface area contributed by atoms with Gasteiger partial charge in [0.15, 0.2) is 0 Å². The Morgan fingerprint density at radius 1 is 1.29 bits per heavy atom. The van der Waals surface area contributed by atoms with Crippen LogP contribution in [0.5, 0.6) is 5.75 Å². The fraction of sp³-hybridized carbons (Fsp3) is 0.353. The minimum absolute atomic E-state index is 0.0293. The molecule has 152 valence electrons. The average Bonchev–Trinajstić information content (AvgIpc) is 3.10. The smallest absolute Gasteiger partial charge is 0.387 e. The predicted molar refractivity (Wildman–Crippen MR) is 105 cm³/mol. The zero-order valence-corrected chi connectivity index (χ0v) is 17.7. The van der Waals surface area contributed by atoms with Gasteiger partial charge in [-0.3, -0.25) is 4.79 Å². The fourth-order valence-electron chi connectivity index (χ4n) is 2.94. The molecule has 1 aromatic carbocycles. The number of alkyl halides is 2. The van der Waals surface area contributed by atoms with Crippen molar-refractivity contribution in [3.63, 3.8) is 0 Å². The highest BCUT2D eigenvalue weighted by molar-refractivity contribution is 9.11. The molecule has 1 unspecified atom stereocenters. The molecule has 2 aromatic rings. The van der Waals surface area contributed by atoms with Crippen LogP contribution in [0.1, 0.15) is 12.8 Å². The number of halogens is 3. The number of benzene rings is 1. The predicted octanol–water partition coefficient (Wildman–Crippen LogP) is 4.15. The molecule has 1 aliphatic rings. The molecule has 1 amide bonds. The third kappa shape index (κ3) is 4.88. The van der Waals surface area contributed by atoms with Crippen LogP contribution in [0, 0.1) is 5.92 Å². The number of hydrogen-bond acceptors (Lipinski definition) is 5. The van der Waals surface area contributed by atoms with Crippen LogP contribution in [0.2, 0.25) is 0 Å². The van der Waals surface area contributed by atoms with Crippen molar-refractivity contribution in [2.24, 2.45) is 5.92 Å². The van der Waals surface area contributed by atoms with Crippen LogP contribution >= 0.6 is 27.3 Å². The highest BCUT2D eigenvalue weighted by Gasteiger charge is 2.34. The molecule has 1 aromatic heterocycles. The summed E-state index contributed by atoms with van der Waals surface area (Å²) in [6, 6.07) is 9.06. The summed E-state index contributed by atoms with van der Waals surface area (Å²) in [6.07, 6.45) is 1.03. The van der Waals surface area contributed by atoms with Crippen molar-refractivity contribution < 1.29 is 26.7 Å². The van der Waals surface area contributed by atoms with Gasteiger partial charge in [-0.2, -0.15) is 13.1 Å². The van der Waals surface area contributed by atoms with E-state index in [0.717, 1.165) is 11.3 Å². The van der Waals surface area contributed by atoms with E-state index in [1.54, 1.807) is 12.1 Å². The summed E-state index contributed by atoms with van der Waals surface area (Å²) in [5.74, 6) is -1.17. The largest absolute Gasteiger partial charge is 0.433 e. The van der Waals surface area contributed by atoms with Crippen LogP contribution in [0.15, 0.2) is 44.4 Å². The summed E-state index contributed by atoms with van der Waals surface area (Å²) in [4.78, 5) is 12.6. The normalized spacial score (nSPS) is 18.2. The lowest BCUT2D eigenvalue weighted by Crippen LogP contribution is -2.43. The van der Waals surface area contributed by atoms with E-state index in [1.165, 1.54) is 28.6 Å². The maximum atomic E-state index is 12.8. The van der Waals surface area contributed by atoms with Gasteiger partial charge in [0, 0.05) is 13.1 Å². The van der Waals surface area contributed by atoms with E-state index in [9.17, 15) is 22.0 Å². The number of nitrogens with zero attached hydrogens (tertiary/aromatic N) is 1. The number of ether oxygens (including phenoxy) is 1. The Hall–Kier alpha value is -1.56. The van der Waals surface area contributed by atoms with Gasteiger partial charge in [0.1, 0.15) is 9.96 Å². The van der Waals surface area contributed by atoms with Gasteiger partial charge in [-0.05, 0) is 53.0 Å². The summed E-state index contributed by atoms with van der Waals surface area (Å²) < 4.78 is 57.2. The number of hydrogen-bond donors (Lipinski definition) is 1. The first-order chi connectivity index (χ1) is 13.3. The van der Waals surface area contributed by atoms with E-state index < -0.39 is 28.5 Å². The van der Waals surface area contributed by atoms with Crippen LogP contribution in [0.3, 0.4) is 0 Å². The summed E-state index contributed by atoms with van der Waals surface area (Å²) in [5.41, 5.74) is 0.120. The first kappa shape index (κ1) is 21.2. The van der Waals surface area contributed by atoms with Crippen molar-refractivity contribution in [1.29, 1.82) is 0 Å². The molecule has 3 rings (SSSR count). The maximum absolute atomic E-state index is 12.8. The molecule has 0 radical (unpaired) electrons. The monoisotopic (exact) mass is 494 g/mol. The molecular weight excluding hydrogens is 478 g/mol. The first-order valence-corrected chi connectivity index (χ1v) is 11.4. The van der Waals surface area contributed by atoms with E-state index in [0.29, 0.717) is 23.2 Å². The van der Waals surface area contributed by atoms with Gasteiger partial charge >= 0.3 is 6.61 Å². The molecular formula is C17H17BrF2N2O4S2. The topological polar surface area (TPSA) is 75.7 Å². The molecule has 1 fully saturated rings. The third-order valence-electron chi connectivity index (χ3n) is 4.26. The summed E-state index contributed by atoms with van der Waals surface area (Å²) in [7, 11) is -3.69. The minimum atomic E-state index is -3.69. The fourth-order valence-corrected chi connectivity index (χ4v) is 6.63. The van der Waals surface area contributed by atoms with Crippen molar-refractivity contribution in [3.8, 4) is 5.75 Å². The Morgan fingerprint density at radius 3 is 2.71 bits per heavy atom. The van der Waals surface area contributed by atoms with Gasteiger partial charge in [-0.1, -0.05) is 12.1 Å². The lowest BCUT2D eigenvalue weighted by atomic mass is 9.98. The zero-order chi connectivity index (χ0) is 20.3. The number of carbonyl (C=O) groups is 1. The van der Waals surface area contributed by atoms with Crippen molar-refractivity contribution >= 4 is 48.9 Å². The van der Waals surface area contributed by atoms with Gasteiger partial charge in [0.2, 0.25) is 5.91 Å². The maximum Gasteiger partial charge on any atom is 0.387 e. The first-order valence-electron chi connectivity index (χ1n) is 8.37. The molecule has 2 heterocycles. The highest BCUT2D eigenvalue weighted by Crippen LogP contribution is 2.32. The van der Waals surface area contributed by atoms with Crippen LogP contribution in [0.4, 0.5) is 14.5 Å². The Morgan fingerprint density at radius 2 is 2.04 bits per heavy atom. The van der Waals surface area contributed by atoms with Crippen molar-refractivity contribution in [2.75, 3.05) is 18.4 Å². The van der Waals surface area contributed by atoms with Gasteiger partial charge in [-0.15, -0.1) is 11.3 Å². The lowest BCUT2D eigenvalue weighted by molar-refractivity contribution is -0.121. The number of carbonyl (C=O) groups excluding carboxylic acids is 1. The quantitative estimate of drug-likeness (QED) is 0.654. The van der Waals surface area contributed by atoms with Crippen molar-refractivity contribution in [2.45, 2.75) is 23.7 Å². The number of amides is 1. The summed E-state index contributed by atoms with van der Waals surface area (Å²) >= 11 is 4.36. The van der Waals surface area contributed by atoms with Crippen LogP contribution in [0.25, 0.3) is 0 Å². The van der Waals surface area contributed by atoms with Crippen molar-refractivity contribution in [1.82, 2.24) is 4.31 Å². The third-order valence-corrected chi connectivity index (χ3v) is 8.21. The molecule has 1 atom stereocenters. The number of rotatable bonds is 6. The van der Waals surface area contributed by atoms with E-state index in [4.69, 9.17) is 0 Å². The zero-order valence-electron chi connectivity index (χ0n) is 14.5. The highest BCUT2D eigenvalue weighted by atomic mass is 79.9. The molecule has 0 aliphatic carbocycles. The number of anilines is 1. The Balaban J connectivity index is 1.72. The van der Waals surface area contributed by atoms with Gasteiger partial charge in [0.05, 0.1) is 15.4 Å². The summed E-state index contributed by atoms with van der Waals surface area (Å²) in [5, 5.41) is 2.58. The number of para-hydroxylation sites is 2. The van der Waals surface area contributed by atoms with E-state index in [1.807, 2.05) is 0 Å². The van der Waals surface area contributed by atoms with Crippen LogP contribution in [-0.2, 0) is 14.8 Å². The standard InChI is InChI=1S/C17H17BrF2N2O4S2/c18-14-7-8-15(27-14)28(24,25)22-9-3-4-11(10-22)16(23)21-12-5-1-2-6-13(12)26-17(19)20/h1-2,5-8,11,17H,3-4,9-10H2,(H,21,23). The second-order valence-electron chi connectivity index (χ2n) is 6.12. The molecule has 1 N–H and O–H groups in total. The van der Waals surface area contributed by atoms with Crippen LogP contribution < -0.4 is 10.1 Å². The van der Waals surface area contributed by atoms with Gasteiger partial charge in [0.25, 0.3) is 10.0 Å². The molecule has 6 nitrogen and oxygen atoms in total. The van der Waals surface area contributed by atoms with E-state index in [2.05, 4.69) is 26.0 Å². The molecule has 28 heavy (non-hydrogen) atoms. The second-order valence-corrected chi connectivity index (χ2v) is 10.8. The molecule has 11 heteroatoms. The van der Waals surface area contributed by atoms with Gasteiger partial charge < -0.3 is 10.1 Å². The minimum Gasteiger partial charge on any atom is -0.433 e. The number of nitrogens with one attached hydrogen (secondary N) is 1. The molecule has 0 spiro atoms. The Labute approximate surface area is 173 Å². The van der Waals surface area contributed by atoms with E-state index in [-0.39, 0.29) is 22.2 Å². The van der Waals surface area contributed by atoms with Crippen molar-refractivity contribution in [3.05, 3.63) is 40.2 Å². The molecule has 0 bridgehead atoms. The Bertz CT molecular complexity index is 952. The molecule has 1 aliphatic heterocycles. The van der Waals surface area contributed by atoms with E-state index >= 15 is 0 Å². The number of piperidine rings is 1. The average molecular weight is 495 g/mol. The second kappa shape index (κ2) is 8.85. The number of sulfonamides is 1. The Kier molecular flexibility index (Phi) is 6.69.